The zero-order valence-electron chi connectivity index (χ0n) is 14.5. The number of hydrogen-bond donors (Lipinski definition) is 1. The number of methoxy groups -OCH3 is 1. The van der Waals surface area contributed by atoms with Crippen molar-refractivity contribution in [2.45, 2.75) is 32.4 Å². The molecule has 0 unspecified atom stereocenters. The Morgan fingerprint density at radius 2 is 2.38 bits per heavy atom. The van der Waals surface area contributed by atoms with Crippen molar-refractivity contribution in [2.75, 3.05) is 40.0 Å². The fourth-order valence-electron chi connectivity index (χ4n) is 3.78. The van der Waals surface area contributed by atoms with Crippen molar-refractivity contribution in [1.29, 1.82) is 0 Å². The molecule has 0 aliphatic carbocycles. The molecule has 0 bridgehead atoms. The Morgan fingerprint density at radius 3 is 3.12 bits per heavy atom. The molecule has 3 heterocycles. The van der Waals surface area contributed by atoms with E-state index in [2.05, 4.69) is 15.4 Å². The molecule has 7 heteroatoms. The molecule has 0 radical (unpaired) electrons. The van der Waals surface area contributed by atoms with Crippen LogP contribution in [0.25, 0.3) is 0 Å². The number of amides is 1. The quantitative estimate of drug-likeness (QED) is 0.780. The van der Waals surface area contributed by atoms with Crippen molar-refractivity contribution in [2.24, 2.45) is 11.8 Å². The number of hydrogen-bond acceptors (Lipinski definition) is 6. The number of rotatable bonds is 6. The zero-order valence-corrected chi connectivity index (χ0v) is 14.5. The van der Waals surface area contributed by atoms with E-state index < -0.39 is 0 Å². The Labute approximate surface area is 142 Å². The molecule has 0 spiro atoms. The lowest BCUT2D eigenvalue weighted by molar-refractivity contribution is -0.142. The molecule has 24 heavy (non-hydrogen) atoms. The van der Waals surface area contributed by atoms with Gasteiger partial charge in [0.05, 0.1) is 18.4 Å². The summed E-state index contributed by atoms with van der Waals surface area (Å²) in [4.78, 5) is 14.9. The van der Waals surface area contributed by atoms with Crippen molar-refractivity contribution < 1.29 is 18.8 Å². The molecule has 1 aromatic rings. The Kier molecular flexibility index (Phi) is 5.86. The highest BCUT2D eigenvalue weighted by molar-refractivity contribution is 5.79. The van der Waals surface area contributed by atoms with Gasteiger partial charge in [0, 0.05) is 57.8 Å². The number of nitrogens with one attached hydrogen (secondary N) is 1. The van der Waals surface area contributed by atoms with E-state index in [1.807, 2.05) is 13.0 Å². The van der Waals surface area contributed by atoms with E-state index >= 15 is 0 Å². The molecule has 1 N–H and O–H groups in total. The van der Waals surface area contributed by atoms with Crippen LogP contribution in [-0.4, -0.2) is 62.0 Å². The number of aromatic nitrogens is 1. The molecule has 2 fully saturated rings. The lowest BCUT2D eigenvalue weighted by Gasteiger charge is -2.44. The summed E-state index contributed by atoms with van der Waals surface area (Å²) >= 11 is 0. The highest BCUT2D eigenvalue weighted by Gasteiger charge is 2.41. The average Bonchev–Trinajstić information content (AvgIpc) is 2.99. The van der Waals surface area contributed by atoms with Crippen LogP contribution in [0.1, 0.15) is 24.3 Å². The molecule has 2 aliphatic heterocycles. The van der Waals surface area contributed by atoms with Gasteiger partial charge in [-0.2, -0.15) is 0 Å². The van der Waals surface area contributed by atoms with Gasteiger partial charge in [-0.15, -0.1) is 0 Å². The monoisotopic (exact) mass is 337 g/mol. The van der Waals surface area contributed by atoms with Crippen LogP contribution in [0.3, 0.4) is 0 Å². The SMILES string of the molecule is COCCNC(=O)[C@@H]1CCO[C@@H]2CCN(Cc3cc(C)on3)C[C@H]21. The van der Waals surface area contributed by atoms with Crippen LogP contribution in [0, 0.1) is 18.8 Å². The first-order chi connectivity index (χ1) is 11.7. The highest BCUT2D eigenvalue weighted by atomic mass is 16.5. The van der Waals surface area contributed by atoms with Gasteiger partial charge in [0.15, 0.2) is 0 Å². The molecule has 3 rings (SSSR count). The maximum Gasteiger partial charge on any atom is 0.223 e. The molecule has 1 aromatic heterocycles. The summed E-state index contributed by atoms with van der Waals surface area (Å²) in [6, 6.07) is 1.97. The first-order valence-electron chi connectivity index (χ1n) is 8.70. The molecule has 2 aliphatic rings. The molecule has 7 nitrogen and oxygen atoms in total. The Morgan fingerprint density at radius 1 is 1.50 bits per heavy atom. The predicted octanol–water partition coefficient (Wildman–Crippen LogP) is 0.973. The van der Waals surface area contributed by atoms with Crippen LogP contribution in [0.5, 0.6) is 0 Å². The topological polar surface area (TPSA) is 76.8 Å². The van der Waals surface area contributed by atoms with Gasteiger partial charge in [-0.05, 0) is 19.8 Å². The first kappa shape index (κ1) is 17.4. The van der Waals surface area contributed by atoms with Gasteiger partial charge in [0.25, 0.3) is 0 Å². The summed E-state index contributed by atoms with van der Waals surface area (Å²) in [5, 5.41) is 7.07. The largest absolute Gasteiger partial charge is 0.383 e. The van der Waals surface area contributed by atoms with Gasteiger partial charge < -0.3 is 19.3 Å². The lowest BCUT2D eigenvalue weighted by Crippen LogP contribution is -2.53. The summed E-state index contributed by atoms with van der Waals surface area (Å²) < 4.78 is 16.1. The third-order valence-corrected chi connectivity index (χ3v) is 4.96. The van der Waals surface area contributed by atoms with Crippen LogP contribution >= 0.6 is 0 Å². The van der Waals surface area contributed by atoms with Gasteiger partial charge in [-0.3, -0.25) is 9.69 Å². The number of aryl methyl sites for hydroxylation is 1. The maximum absolute atomic E-state index is 12.5. The highest BCUT2D eigenvalue weighted by Crippen LogP contribution is 2.33. The summed E-state index contributed by atoms with van der Waals surface area (Å²) in [6.07, 6.45) is 1.94. The fraction of sp³-hybridized carbons (Fsp3) is 0.765. The van der Waals surface area contributed by atoms with Crippen LogP contribution in [0.15, 0.2) is 10.6 Å². The molecular formula is C17H27N3O4. The van der Waals surface area contributed by atoms with E-state index in [0.717, 1.165) is 43.9 Å². The van der Waals surface area contributed by atoms with Gasteiger partial charge in [0.1, 0.15) is 5.76 Å². The Bertz CT molecular complexity index is 548. The minimum atomic E-state index is 0.0162. The van der Waals surface area contributed by atoms with Crippen LogP contribution < -0.4 is 5.32 Å². The van der Waals surface area contributed by atoms with Crippen molar-refractivity contribution in [3.05, 3.63) is 17.5 Å². The minimum absolute atomic E-state index is 0.0162. The number of carbonyl (C=O) groups excluding carboxylic acids is 1. The third-order valence-electron chi connectivity index (χ3n) is 4.96. The summed E-state index contributed by atoms with van der Waals surface area (Å²) in [6.45, 7) is 6.26. The second-order valence-electron chi connectivity index (χ2n) is 6.70. The minimum Gasteiger partial charge on any atom is -0.383 e. The summed E-state index contributed by atoms with van der Waals surface area (Å²) in [5.41, 5.74) is 0.948. The van der Waals surface area contributed by atoms with Crippen molar-refractivity contribution in [3.63, 3.8) is 0 Å². The number of nitrogens with zero attached hydrogens (tertiary/aromatic N) is 2. The normalized spacial score (nSPS) is 27.7. The Hall–Kier alpha value is -1.44. The van der Waals surface area contributed by atoms with Crippen LogP contribution in [0.2, 0.25) is 0 Å². The maximum atomic E-state index is 12.5. The summed E-state index contributed by atoms with van der Waals surface area (Å²) in [5.74, 6) is 1.21. The van der Waals surface area contributed by atoms with E-state index in [4.69, 9.17) is 14.0 Å². The molecular weight excluding hydrogens is 310 g/mol. The van der Waals surface area contributed by atoms with E-state index in [0.29, 0.717) is 19.8 Å². The molecule has 3 atom stereocenters. The van der Waals surface area contributed by atoms with Crippen molar-refractivity contribution in [1.82, 2.24) is 15.4 Å². The summed E-state index contributed by atoms with van der Waals surface area (Å²) in [7, 11) is 1.64. The molecule has 0 saturated carbocycles. The van der Waals surface area contributed by atoms with Gasteiger partial charge in [-0.1, -0.05) is 5.16 Å². The molecule has 0 aromatic carbocycles. The van der Waals surface area contributed by atoms with Crippen LogP contribution in [-0.2, 0) is 20.8 Å². The number of carbonyl (C=O) groups is 1. The molecule has 134 valence electrons. The number of ether oxygens (including phenoxy) is 2. The van der Waals surface area contributed by atoms with E-state index in [-0.39, 0.29) is 23.8 Å². The van der Waals surface area contributed by atoms with Gasteiger partial charge >= 0.3 is 0 Å². The fourth-order valence-corrected chi connectivity index (χ4v) is 3.78. The molecule has 2 saturated heterocycles. The Balaban J connectivity index is 1.59. The van der Waals surface area contributed by atoms with Gasteiger partial charge in [0.2, 0.25) is 5.91 Å². The second kappa shape index (κ2) is 8.09. The van der Waals surface area contributed by atoms with Gasteiger partial charge in [-0.25, -0.2) is 0 Å². The standard InChI is InChI=1S/C17H27N3O4/c1-12-9-13(19-24-12)10-20-6-3-16-15(11-20)14(4-7-23-16)17(21)18-5-8-22-2/h9,14-16H,3-8,10-11H2,1-2H3,(H,18,21)/t14-,15+,16-/m1/s1. The number of likely N-dealkylation sites (tertiary alicyclic amines) is 1. The lowest BCUT2D eigenvalue weighted by atomic mass is 9.79. The zero-order chi connectivity index (χ0) is 16.9. The second-order valence-corrected chi connectivity index (χ2v) is 6.70. The van der Waals surface area contributed by atoms with E-state index in [9.17, 15) is 4.79 Å². The third kappa shape index (κ3) is 4.15. The number of piperidine rings is 1. The number of fused-ring (bicyclic) bond motifs is 1. The van der Waals surface area contributed by atoms with E-state index in [1.165, 1.54) is 0 Å². The predicted molar refractivity (Wildman–Crippen MR) is 87.4 cm³/mol. The van der Waals surface area contributed by atoms with Crippen LogP contribution in [0.4, 0.5) is 0 Å². The molecule has 1 amide bonds. The van der Waals surface area contributed by atoms with Crippen molar-refractivity contribution >= 4 is 5.91 Å². The smallest absolute Gasteiger partial charge is 0.223 e. The van der Waals surface area contributed by atoms with Crippen molar-refractivity contribution in [3.8, 4) is 0 Å². The first-order valence-corrected chi connectivity index (χ1v) is 8.70. The average molecular weight is 337 g/mol. The van der Waals surface area contributed by atoms with E-state index in [1.54, 1.807) is 7.11 Å².